The molecule has 0 N–H and O–H groups in total. The molecule has 0 bridgehead atoms. The quantitative estimate of drug-likeness (QED) is 0.212. The Kier molecular flexibility index (Phi) is 13.5. The second-order valence-electron chi connectivity index (χ2n) is 10.9. The Hall–Kier alpha value is -3.68. The zero-order chi connectivity index (χ0) is 35.4. The Morgan fingerprint density at radius 1 is 0.347 bits per heavy atom. The van der Waals surface area contributed by atoms with E-state index in [1.54, 1.807) is 0 Å². The van der Waals surface area contributed by atoms with Crippen LogP contribution in [-0.2, 0) is 45.3 Å². The predicted molar refractivity (Wildman–Crippen MR) is 186 cm³/mol. The molecular weight excluding hydrogens is 734 g/mol. The first-order chi connectivity index (χ1) is 23.3. The van der Waals surface area contributed by atoms with Gasteiger partial charge in [0.15, 0.2) is 0 Å². The normalized spacial score (nSPS) is 11.7. The monoisotopic (exact) mass is 770 g/mol. The summed E-state index contributed by atoms with van der Waals surface area (Å²) >= 11 is -12.1. The third kappa shape index (κ3) is 10.7. The van der Waals surface area contributed by atoms with Crippen molar-refractivity contribution in [3.05, 3.63) is 182 Å². The molecule has 0 aliphatic carbocycles. The third-order valence-electron chi connectivity index (χ3n) is 7.80. The van der Waals surface area contributed by atoms with Crippen LogP contribution in [0.15, 0.2) is 182 Å². The molecule has 0 saturated heterocycles. The molecule has 0 spiro atoms. The number of hydrogen-bond acceptors (Lipinski definition) is 7. The van der Waals surface area contributed by atoms with Crippen molar-refractivity contribution in [1.29, 1.82) is 0 Å². The van der Waals surface area contributed by atoms with Gasteiger partial charge in [-0.05, 0) is 72.8 Å². The van der Waals surface area contributed by atoms with Crippen molar-refractivity contribution in [3.8, 4) is 0 Å². The van der Waals surface area contributed by atoms with Crippen LogP contribution in [0.3, 0.4) is 0 Å². The fraction of sp³-hybridized carbons (Fsp3) is 0.0526. The molecule has 0 aliphatic heterocycles. The van der Waals surface area contributed by atoms with Crippen molar-refractivity contribution in [1.82, 2.24) is 0 Å². The zero-order valence-corrected chi connectivity index (χ0v) is 31.2. The molecule has 0 saturated carbocycles. The van der Waals surface area contributed by atoms with Gasteiger partial charge < -0.3 is 0 Å². The Morgan fingerprint density at radius 3 is 0.592 bits per heavy atom. The molecule has 0 heterocycles. The standard InChI is InChI=1S/2C19H18P.2Cr.7O/c2*1-20(17-11-5-2-6-12-17,18-13-7-3-8-14-18)19-15-9-4-10-16-19;;;;;;;;;/h2*2-16H,1H3;;;;;;;;;/q2*+1;;;;;;;;2*-1. The van der Waals surface area contributed by atoms with E-state index in [0.29, 0.717) is 0 Å². The summed E-state index contributed by atoms with van der Waals surface area (Å²) in [4.78, 5) is 0. The molecule has 0 unspecified atom stereocenters. The minimum absolute atomic E-state index is 1.43. The summed E-state index contributed by atoms with van der Waals surface area (Å²) in [5.74, 6) is 0. The predicted octanol–water partition coefficient (Wildman–Crippen LogP) is 4.29. The van der Waals surface area contributed by atoms with Gasteiger partial charge in [0, 0.05) is 0 Å². The molecule has 0 amide bonds. The van der Waals surface area contributed by atoms with Gasteiger partial charge in [0.05, 0.1) is 13.3 Å². The van der Waals surface area contributed by atoms with E-state index in [-0.39, 0.29) is 0 Å². The minimum atomic E-state index is -6.07. The Bertz CT molecular complexity index is 1740. The zero-order valence-electron chi connectivity index (χ0n) is 26.9. The maximum atomic E-state index is 9.38. The summed E-state index contributed by atoms with van der Waals surface area (Å²) in [6.07, 6.45) is 0. The van der Waals surface area contributed by atoms with Crippen LogP contribution in [0.1, 0.15) is 0 Å². The summed E-state index contributed by atoms with van der Waals surface area (Å²) in [7, 11) is -3.05. The molecule has 0 atom stereocenters. The van der Waals surface area contributed by atoms with Gasteiger partial charge >= 0.3 is 53.6 Å². The summed E-state index contributed by atoms with van der Waals surface area (Å²) in [6, 6.07) is 65.3. The van der Waals surface area contributed by atoms with Gasteiger partial charge in [0.1, 0.15) is 46.4 Å². The third-order valence-corrected chi connectivity index (χ3v) is 18.5. The van der Waals surface area contributed by atoms with Crippen molar-refractivity contribution in [3.63, 3.8) is 0 Å². The Morgan fingerprint density at radius 2 is 0.490 bits per heavy atom. The molecule has 0 aromatic heterocycles. The van der Waals surface area contributed by atoms with Crippen LogP contribution in [-0.4, -0.2) is 13.3 Å². The summed E-state index contributed by atoms with van der Waals surface area (Å²) in [5, 5.41) is 8.57. The fourth-order valence-electron chi connectivity index (χ4n) is 5.35. The second kappa shape index (κ2) is 17.3. The van der Waals surface area contributed by atoms with Crippen LogP contribution >= 0.6 is 14.5 Å². The molecule has 49 heavy (non-hydrogen) atoms. The molecular formula is C38H36Cr2O7P2. The van der Waals surface area contributed by atoms with Crippen molar-refractivity contribution >= 4 is 46.4 Å². The first kappa shape index (κ1) is 38.1. The molecule has 0 aliphatic rings. The molecule has 6 aromatic rings. The van der Waals surface area contributed by atoms with Crippen LogP contribution in [0, 0.1) is 0 Å². The van der Waals surface area contributed by atoms with Crippen molar-refractivity contribution < 1.29 is 53.6 Å². The van der Waals surface area contributed by atoms with E-state index < -0.39 is 41.8 Å². The average Bonchev–Trinajstić information content (AvgIpc) is 3.12. The van der Waals surface area contributed by atoms with E-state index in [2.05, 4.69) is 198 Å². The fourth-order valence-corrected chi connectivity index (χ4v) is 13.4. The summed E-state index contributed by atoms with van der Waals surface area (Å²) in [6.45, 7) is 4.82. The van der Waals surface area contributed by atoms with Gasteiger partial charge in [-0.15, -0.1) is 0 Å². The first-order valence-corrected chi connectivity index (χ1v) is 23.7. The molecule has 0 fully saturated rings. The van der Waals surface area contributed by atoms with Gasteiger partial charge in [0.25, 0.3) is 0 Å². The van der Waals surface area contributed by atoms with E-state index in [0.717, 1.165) is 0 Å². The summed E-state index contributed by atoms with van der Waals surface area (Å²) < 4.78 is 58.9. The van der Waals surface area contributed by atoms with Crippen molar-refractivity contribution in [2.24, 2.45) is 0 Å². The van der Waals surface area contributed by atoms with Crippen LogP contribution in [0.2, 0.25) is 0 Å². The molecule has 7 nitrogen and oxygen atoms in total. The van der Waals surface area contributed by atoms with Gasteiger partial charge in [0.2, 0.25) is 0 Å². The van der Waals surface area contributed by atoms with Crippen LogP contribution in [0.25, 0.3) is 0 Å². The van der Waals surface area contributed by atoms with Gasteiger partial charge in [-0.25, -0.2) is 0 Å². The van der Waals surface area contributed by atoms with Gasteiger partial charge in [-0.2, -0.15) is 0 Å². The first-order valence-electron chi connectivity index (χ1n) is 15.0. The SMILES string of the molecule is C[P+](c1ccccc1)(c1ccccc1)c1ccccc1.C[P+](c1ccccc1)(c1ccccc1)c1ccccc1.[O]=[Cr](=[O])([O-])[O][Cr](=[O])(=[O])[O-]. The Labute approximate surface area is 293 Å². The molecule has 11 heteroatoms. The van der Waals surface area contributed by atoms with Crippen molar-refractivity contribution in [2.45, 2.75) is 0 Å². The van der Waals surface area contributed by atoms with Crippen LogP contribution in [0.5, 0.6) is 0 Å². The topological polar surface area (TPSA) is 124 Å². The average molecular weight is 771 g/mol. The van der Waals surface area contributed by atoms with E-state index in [4.69, 9.17) is 0 Å². The Balaban J connectivity index is 0.000000179. The second-order valence-corrected chi connectivity index (χ2v) is 21.7. The van der Waals surface area contributed by atoms with Crippen LogP contribution in [0.4, 0.5) is 0 Å². The van der Waals surface area contributed by atoms with E-state index in [1.807, 2.05) is 0 Å². The number of benzene rings is 6. The van der Waals surface area contributed by atoms with E-state index in [1.165, 1.54) is 31.8 Å². The van der Waals surface area contributed by atoms with E-state index >= 15 is 0 Å². The summed E-state index contributed by atoms with van der Waals surface area (Å²) in [5.41, 5.74) is 0. The molecule has 0 radical (unpaired) electrons. The number of rotatable bonds is 8. The van der Waals surface area contributed by atoms with Gasteiger partial charge in [-0.3, -0.25) is 0 Å². The molecule has 6 aromatic carbocycles. The molecule has 252 valence electrons. The van der Waals surface area contributed by atoms with Crippen molar-refractivity contribution in [2.75, 3.05) is 13.3 Å². The number of hydrogen-bond donors (Lipinski definition) is 0. The maximum absolute atomic E-state index is 9.38. The van der Waals surface area contributed by atoms with Gasteiger partial charge in [-0.1, -0.05) is 109 Å². The van der Waals surface area contributed by atoms with E-state index in [9.17, 15) is 23.5 Å². The van der Waals surface area contributed by atoms with Crippen LogP contribution < -0.4 is 40.1 Å². The molecule has 6 rings (SSSR count).